The van der Waals surface area contributed by atoms with Crippen LogP contribution >= 0.6 is 0 Å². The highest BCUT2D eigenvalue weighted by molar-refractivity contribution is 5.92. The Bertz CT molecular complexity index is 510. The lowest BCUT2D eigenvalue weighted by molar-refractivity contribution is -0.136. The Kier molecular flexibility index (Phi) is 5.91. The molecule has 1 aliphatic heterocycles. The number of rotatable bonds is 5. The quantitative estimate of drug-likeness (QED) is 0.871. The van der Waals surface area contributed by atoms with E-state index in [9.17, 15) is 9.59 Å². The van der Waals surface area contributed by atoms with Crippen LogP contribution in [0, 0.1) is 6.92 Å². The lowest BCUT2D eigenvalue weighted by atomic mass is 10.2. The molecule has 1 aromatic rings. The van der Waals surface area contributed by atoms with E-state index in [1.165, 1.54) is 0 Å². The first kappa shape index (κ1) is 16.5. The molecule has 1 heterocycles. The average molecular weight is 305 g/mol. The summed E-state index contributed by atoms with van der Waals surface area (Å²) in [4.78, 5) is 27.5. The van der Waals surface area contributed by atoms with Crippen molar-refractivity contribution >= 4 is 17.5 Å². The van der Waals surface area contributed by atoms with Gasteiger partial charge in [0.2, 0.25) is 11.8 Å². The van der Waals surface area contributed by atoms with Crippen molar-refractivity contribution in [3.8, 4) is 0 Å². The van der Waals surface area contributed by atoms with Gasteiger partial charge in [-0.3, -0.25) is 14.5 Å². The average Bonchev–Trinajstić information content (AvgIpc) is 2.50. The number of hydrogen-bond acceptors (Lipinski definition) is 4. The molecule has 6 nitrogen and oxygen atoms in total. The summed E-state index contributed by atoms with van der Waals surface area (Å²) in [5.41, 5.74) is 1.91. The Morgan fingerprint density at radius 2 is 1.82 bits per heavy atom. The molecule has 1 fully saturated rings. The van der Waals surface area contributed by atoms with E-state index in [2.05, 4.69) is 5.32 Å². The summed E-state index contributed by atoms with van der Waals surface area (Å²) in [6.07, 6.45) is 0. The highest BCUT2D eigenvalue weighted by atomic mass is 16.5. The van der Waals surface area contributed by atoms with Crippen LogP contribution in [0.25, 0.3) is 0 Å². The van der Waals surface area contributed by atoms with Gasteiger partial charge < -0.3 is 15.0 Å². The van der Waals surface area contributed by atoms with Crippen LogP contribution in [0.4, 0.5) is 5.69 Å². The van der Waals surface area contributed by atoms with Gasteiger partial charge in [0.15, 0.2) is 0 Å². The van der Waals surface area contributed by atoms with Crippen LogP contribution in [0.15, 0.2) is 24.3 Å². The van der Waals surface area contributed by atoms with Crippen LogP contribution in [-0.2, 0) is 14.3 Å². The first-order valence-corrected chi connectivity index (χ1v) is 7.45. The van der Waals surface area contributed by atoms with E-state index in [4.69, 9.17) is 4.74 Å². The smallest absolute Gasteiger partial charge is 0.238 e. The molecule has 1 saturated heterocycles. The number of benzene rings is 1. The minimum absolute atomic E-state index is 0.0361. The number of carbonyl (C=O) groups excluding carboxylic acids is 2. The molecule has 2 rings (SSSR count). The molecule has 0 atom stereocenters. The third kappa shape index (κ3) is 5.13. The van der Waals surface area contributed by atoms with E-state index in [0.717, 1.165) is 11.3 Å². The summed E-state index contributed by atoms with van der Waals surface area (Å²) in [5.74, 6) is -0.0879. The van der Waals surface area contributed by atoms with Gasteiger partial charge in [0, 0.05) is 18.8 Å². The van der Waals surface area contributed by atoms with Crippen LogP contribution in [0.3, 0.4) is 0 Å². The van der Waals surface area contributed by atoms with E-state index in [-0.39, 0.29) is 24.9 Å². The minimum Gasteiger partial charge on any atom is -0.378 e. The minimum atomic E-state index is -0.124. The molecule has 0 bridgehead atoms. The summed E-state index contributed by atoms with van der Waals surface area (Å²) in [6.45, 7) is 4.85. The van der Waals surface area contributed by atoms with Gasteiger partial charge >= 0.3 is 0 Å². The number of nitrogens with zero attached hydrogens (tertiary/aromatic N) is 2. The summed E-state index contributed by atoms with van der Waals surface area (Å²) in [5, 5.41) is 2.83. The van der Waals surface area contributed by atoms with Crippen molar-refractivity contribution in [2.75, 3.05) is 51.8 Å². The van der Waals surface area contributed by atoms with Gasteiger partial charge in [-0.2, -0.15) is 0 Å². The molecule has 6 heteroatoms. The summed E-state index contributed by atoms with van der Waals surface area (Å²) < 4.78 is 5.22. The number of hydrogen-bond donors (Lipinski definition) is 1. The molecule has 0 spiro atoms. The van der Waals surface area contributed by atoms with E-state index in [1.807, 2.05) is 31.2 Å². The molecule has 0 aliphatic carbocycles. The molecule has 22 heavy (non-hydrogen) atoms. The maximum Gasteiger partial charge on any atom is 0.238 e. The monoisotopic (exact) mass is 305 g/mol. The molecule has 120 valence electrons. The van der Waals surface area contributed by atoms with Gasteiger partial charge in [-0.15, -0.1) is 0 Å². The number of morpholine rings is 1. The van der Waals surface area contributed by atoms with Crippen LogP contribution in [-0.4, -0.2) is 68.1 Å². The van der Waals surface area contributed by atoms with E-state index >= 15 is 0 Å². The lowest BCUT2D eigenvalue weighted by Crippen LogP contribution is -2.46. The van der Waals surface area contributed by atoms with Gasteiger partial charge in [-0.1, -0.05) is 17.7 Å². The zero-order chi connectivity index (χ0) is 15.9. The van der Waals surface area contributed by atoms with E-state index in [1.54, 1.807) is 16.8 Å². The highest BCUT2D eigenvalue weighted by Gasteiger charge is 2.19. The number of ether oxygens (including phenoxy) is 1. The Labute approximate surface area is 131 Å². The normalized spacial score (nSPS) is 15.0. The SMILES string of the molecule is Cc1ccc(NC(=O)CN(C)CC(=O)N2CCOCC2)cc1. The number of likely N-dealkylation sites (N-methyl/N-ethyl adjacent to an activating group) is 1. The van der Waals surface area contributed by atoms with Gasteiger partial charge in [0.05, 0.1) is 26.3 Å². The zero-order valence-electron chi connectivity index (χ0n) is 13.2. The van der Waals surface area contributed by atoms with E-state index in [0.29, 0.717) is 26.3 Å². The van der Waals surface area contributed by atoms with Crippen molar-refractivity contribution in [1.82, 2.24) is 9.80 Å². The predicted molar refractivity (Wildman–Crippen MR) is 84.7 cm³/mol. The number of amides is 2. The molecule has 1 N–H and O–H groups in total. The summed E-state index contributed by atoms with van der Waals surface area (Å²) in [7, 11) is 1.77. The highest BCUT2D eigenvalue weighted by Crippen LogP contribution is 2.08. The number of nitrogens with one attached hydrogen (secondary N) is 1. The fourth-order valence-electron chi connectivity index (χ4n) is 2.28. The maximum absolute atomic E-state index is 12.1. The first-order chi connectivity index (χ1) is 10.5. The molecule has 0 saturated carbocycles. The fourth-order valence-corrected chi connectivity index (χ4v) is 2.28. The van der Waals surface area contributed by atoms with Crippen molar-refractivity contribution in [2.45, 2.75) is 6.92 Å². The largest absolute Gasteiger partial charge is 0.378 e. The molecule has 0 aromatic heterocycles. The number of carbonyl (C=O) groups is 2. The first-order valence-electron chi connectivity index (χ1n) is 7.45. The summed E-state index contributed by atoms with van der Waals surface area (Å²) >= 11 is 0. The molecule has 0 radical (unpaired) electrons. The maximum atomic E-state index is 12.1. The molecular formula is C16H23N3O3. The van der Waals surface area contributed by atoms with Crippen LogP contribution in [0.5, 0.6) is 0 Å². The Morgan fingerprint density at radius 3 is 2.45 bits per heavy atom. The fraction of sp³-hybridized carbons (Fsp3) is 0.500. The van der Waals surface area contributed by atoms with Crippen molar-refractivity contribution in [3.63, 3.8) is 0 Å². The molecule has 1 aromatic carbocycles. The second-order valence-corrected chi connectivity index (χ2v) is 5.58. The van der Waals surface area contributed by atoms with Gasteiger partial charge in [-0.25, -0.2) is 0 Å². The van der Waals surface area contributed by atoms with Gasteiger partial charge in [-0.05, 0) is 26.1 Å². The van der Waals surface area contributed by atoms with Crippen molar-refractivity contribution < 1.29 is 14.3 Å². The van der Waals surface area contributed by atoms with Gasteiger partial charge in [0.25, 0.3) is 0 Å². The van der Waals surface area contributed by atoms with Crippen molar-refractivity contribution in [2.24, 2.45) is 0 Å². The Balaban J connectivity index is 1.75. The van der Waals surface area contributed by atoms with Gasteiger partial charge in [0.1, 0.15) is 0 Å². The van der Waals surface area contributed by atoms with Crippen molar-refractivity contribution in [3.05, 3.63) is 29.8 Å². The standard InChI is InChI=1S/C16H23N3O3/c1-13-3-5-14(6-4-13)17-15(20)11-18(2)12-16(21)19-7-9-22-10-8-19/h3-6H,7-12H2,1-2H3,(H,17,20). The Hall–Kier alpha value is -1.92. The number of anilines is 1. The zero-order valence-corrected chi connectivity index (χ0v) is 13.2. The number of aryl methyl sites for hydroxylation is 1. The molecule has 0 unspecified atom stereocenters. The third-order valence-electron chi connectivity index (χ3n) is 3.52. The lowest BCUT2D eigenvalue weighted by Gasteiger charge is -2.28. The van der Waals surface area contributed by atoms with Crippen molar-refractivity contribution in [1.29, 1.82) is 0 Å². The molecule has 1 aliphatic rings. The summed E-state index contributed by atoms with van der Waals surface area (Å²) in [6, 6.07) is 7.63. The van der Waals surface area contributed by atoms with Crippen LogP contribution in [0.1, 0.15) is 5.56 Å². The Morgan fingerprint density at radius 1 is 1.18 bits per heavy atom. The second kappa shape index (κ2) is 7.91. The van der Waals surface area contributed by atoms with Crippen LogP contribution < -0.4 is 5.32 Å². The molecule has 2 amide bonds. The topological polar surface area (TPSA) is 61.9 Å². The molecular weight excluding hydrogens is 282 g/mol. The second-order valence-electron chi connectivity index (χ2n) is 5.58. The third-order valence-corrected chi connectivity index (χ3v) is 3.52. The predicted octanol–water partition coefficient (Wildman–Crippen LogP) is 0.724. The van der Waals surface area contributed by atoms with Crippen LogP contribution in [0.2, 0.25) is 0 Å². The van der Waals surface area contributed by atoms with E-state index < -0.39 is 0 Å².